The van der Waals surface area contributed by atoms with Gasteiger partial charge in [0.2, 0.25) is 0 Å². The maximum Gasteiger partial charge on any atom is 0.306 e. The van der Waals surface area contributed by atoms with Crippen molar-refractivity contribution in [2.75, 3.05) is 25.4 Å². The van der Waals surface area contributed by atoms with Crippen LogP contribution in [-0.4, -0.2) is 31.4 Å². The van der Waals surface area contributed by atoms with E-state index in [1.54, 1.807) is 23.1 Å². The largest absolute Gasteiger partial charge is 0.466 e. The summed E-state index contributed by atoms with van der Waals surface area (Å²) in [4.78, 5) is 11.6. The van der Waals surface area contributed by atoms with Gasteiger partial charge in [0.25, 0.3) is 0 Å². The number of carbonyl (C=O) groups excluding carboxylic acids is 1. The van der Waals surface area contributed by atoms with Crippen LogP contribution in [0.2, 0.25) is 0 Å². The standard InChI is InChI=1S/C14H21NO2S2/c16-13(6-11-19-14-2-1-10-18-14)17-9-5-12-3-7-15-8-4-12/h1-2,10,12,15H,3-9,11H2. The molecule has 0 bridgehead atoms. The fourth-order valence-electron chi connectivity index (χ4n) is 2.16. The molecule has 0 unspecified atom stereocenters. The third-order valence-corrected chi connectivity index (χ3v) is 5.43. The highest BCUT2D eigenvalue weighted by Crippen LogP contribution is 2.24. The first-order valence-electron chi connectivity index (χ1n) is 6.87. The van der Waals surface area contributed by atoms with Crippen molar-refractivity contribution in [1.82, 2.24) is 5.32 Å². The van der Waals surface area contributed by atoms with Crippen LogP contribution in [0.25, 0.3) is 0 Å². The molecule has 1 aliphatic heterocycles. The maximum absolute atomic E-state index is 11.6. The molecule has 0 aliphatic carbocycles. The first-order valence-corrected chi connectivity index (χ1v) is 8.74. The van der Waals surface area contributed by atoms with Crippen LogP contribution in [0.4, 0.5) is 0 Å². The third-order valence-electron chi connectivity index (χ3n) is 3.29. The number of ether oxygens (including phenoxy) is 1. The molecule has 2 rings (SSSR count). The van der Waals surface area contributed by atoms with Crippen molar-refractivity contribution in [2.24, 2.45) is 5.92 Å². The molecule has 1 fully saturated rings. The summed E-state index contributed by atoms with van der Waals surface area (Å²) in [6.45, 7) is 2.80. The van der Waals surface area contributed by atoms with E-state index in [9.17, 15) is 4.79 Å². The first-order chi connectivity index (χ1) is 9.34. The number of carbonyl (C=O) groups is 1. The minimum absolute atomic E-state index is 0.0574. The Morgan fingerprint density at radius 1 is 1.47 bits per heavy atom. The summed E-state index contributed by atoms with van der Waals surface area (Å²) < 4.78 is 6.56. The predicted octanol–water partition coefficient (Wildman–Crippen LogP) is 3.16. The van der Waals surface area contributed by atoms with Crippen LogP contribution in [-0.2, 0) is 9.53 Å². The predicted molar refractivity (Wildman–Crippen MR) is 80.8 cm³/mol. The Hall–Kier alpha value is -0.520. The lowest BCUT2D eigenvalue weighted by atomic mass is 9.95. The molecule has 1 aromatic rings. The van der Waals surface area contributed by atoms with Crippen LogP contribution >= 0.6 is 23.1 Å². The highest BCUT2D eigenvalue weighted by atomic mass is 32.2. The zero-order valence-corrected chi connectivity index (χ0v) is 12.7. The average Bonchev–Trinajstić information content (AvgIpc) is 2.93. The van der Waals surface area contributed by atoms with E-state index in [4.69, 9.17) is 4.74 Å². The molecule has 1 aromatic heterocycles. The van der Waals surface area contributed by atoms with Gasteiger partial charge >= 0.3 is 5.97 Å². The molecule has 1 N–H and O–H groups in total. The molecule has 2 heterocycles. The molecular formula is C14H21NO2S2. The van der Waals surface area contributed by atoms with Crippen LogP contribution < -0.4 is 5.32 Å². The smallest absolute Gasteiger partial charge is 0.306 e. The Bertz CT molecular complexity index is 362. The van der Waals surface area contributed by atoms with Crippen molar-refractivity contribution in [3.8, 4) is 0 Å². The maximum atomic E-state index is 11.6. The van der Waals surface area contributed by atoms with E-state index in [0.29, 0.717) is 13.0 Å². The van der Waals surface area contributed by atoms with Crippen LogP contribution in [0.15, 0.2) is 21.7 Å². The second kappa shape index (κ2) is 8.61. The zero-order chi connectivity index (χ0) is 13.3. The SMILES string of the molecule is O=C(CCSc1cccs1)OCCC1CCNCC1. The molecule has 1 aliphatic rings. The van der Waals surface area contributed by atoms with Crippen molar-refractivity contribution in [2.45, 2.75) is 29.9 Å². The monoisotopic (exact) mass is 299 g/mol. The number of hydrogen-bond donors (Lipinski definition) is 1. The van der Waals surface area contributed by atoms with E-state index < -0.39 is 0 Å². The summed E-state index contributed by atoms with van der Waals surface area (Å²) in [7, 11) is 0. The highest BCUT2D eigenvalue weighted by Gasteiger charge is 2.13. The van der Waals surface area contributed by atoms with Crippen LogP contribution in [0.5, 0.6) is 0 Å². The van der Waals surface area contributed by atoms with Gasteiger partial charge in [0.05, 0.1) is 17.2 Å². The molecule has 1 saturated heterocycles. The number of rotatable bonds is 7. The van der Waals surface area contributed by atoms with E-state index in [1.807, 2.05) is 6.07 Å². The Labute approximate surface area is 123 Å². The van der Waals surface area contributed by atoms with Gasteiger partial charge in [-0.1, -0.05) is 6.07 Å². The number of esters is 1. The normalized spacial score (nSPS) is 16.4. The summed E-state index contributed by atoms with van der Waals surface area (Å²) in [5, 5.41) is 5.40. The van der Waals surface area contributed by atoms with Crippen molar-refractivity contribution < 1.29 is 9.53 Å². The fourth-order valence-corrected chi connectivity index (χ4v) is 3.94. The Morgan fingerprint density at radius 2 is 2.32 bits per heavy atom. The molecule has 0 amide bonds. The van der Waals surface area contributed by atoms with Gasteiger partial charge in [0.1, 0.15) is 0 Å². The highest BCUT2D eigenvalue weighted by molar-refractivity contribution is 8.01. The molecule has 0 atom stereocenters. The molecule has 0 saturated carbocycles. The minimum Gasteiger partial charge on any atom is -0.466 e. The summed E-state index contributed by atoms with van der Waals surface area (Å²) >= 11 is 3.44. The molecule has 5 heteroatoms. The first kappa shape index (κ1) is 14.9. The summed E-state index contributed by atoms with van der Waals surface area (Å²) in [5.41, 5.74) is 0. The van der Waals surface area contributed by atoms with Crippen molar-refractivity contribution in [3.05, 3.63) is 17.5 Å². The second-order valence-electron chi connectivity index (χ2n) is 4.73. The Kier molecular flexibility index (Phi) is 6.74. The van der Waals surface area contributed by atoms with Gasteiger partial charge in [-0.3, -0.25) is 4.79 Å². The van der Waals surface area contributed by atoms with Gasteiger partial charge in [-0.15, -0.1) is 23.1 Å². The van der Waals surface area contributed by atoms with Crippen molar-refractivity contribution in [3.63, 3.8) is 0 Å². The Balaban J connectivity index is 1.49. The number of thioether (sulfide) groups is 1. The lowest BCUT2D eigenvalue weighted by Gasteiger charge is -2.22. The van der Waals surface area contributed by atoms with Gasteiger partial charge in [-0.2, -0.15) is 0 Å². The molecule has 0 radical (unpaired) electrons. The van der Waals surface area contributed by atoms with Gasteiger partial charge in [-0.05, 0) is 49.7 Å². The fraction of sp³-hybridized carbons (Fsp3) is 0.643. The molecule has 0 aromatic carbocycles. The Morgan fingerprint density at radius 3 is 3.05 bits per heavy atom. The van der Waals surface area contributed by atoms with E-state index in [0.717, 1.165) is 31.2 Å². The topological polar surface area (TPSA) is 38.3 Å². The van der Waals surface area contributed by atoms with Gasteiger partial charge < -0.3 is 10.1 Å². The molecule has 0 spiro atoms. The summed E-state index contributed by atoms with van der Waals surface area (Å²) in [5.74, 6) is 1.49. The van der Waals surface area contributed by atoms with Crippen molar-refractivity contribution in [1.29, 1.82) is 0 Å². The summed E-state index contributed by atoms with van der Waals surface area (Å²) in [6.07, 6.45) is 3.96. The van der Waals surface area contributed by atoms with Crippen LogP contribution in [0.3, 0.4) is 0 Å². The molecule has 3 nitrogen and oxygen atoms in total. The van der Waals surface area contributed by atoms with Gasteiger partial charge in [0, 0.05) is 5.75 Å². The quantitative estimate of drug-likeness (QED) is 0.620. The third kappa shape index (κ3) is 5.97. The van der Waals surface area contributed by atoms with E-state index in [1.165, 1.54) is 17.1 Å². The number of piperidine rings is 1. The lowest BCUT2D eigenvalue weighted by molar-refractivity contribution is -0.143. The minimum atomic E-state index is -0.0574. The average molecular weight is 299 g/mol. The number of nitrogens with one attached hydrogen (secondary N) is 1. The second-order valence-corrected chi connectivity index (χ2v) is 7.08. The van der Waals surface area contributed by atoms with Gasteiger partial charge in [0.15, 0.2) is 0 Å². The molecule has 19 heavy (non-hydrogen) atoms. The van der Waals surface area contributed by atoms with E-state index in [2.05, 4.69) is 16.8 Å². The summed E-state index contributed by atoms with van der Waals surface area (Å²) in [6, 6.07) is 4.11. The van der Waals surface area contributed by atoms with E-state index in [-0.39, 0.29) is 5.97 Å². The van der Waals surface area contributed by atoms with Crippen molar-refractivity contribution >= 4 is 29.1 Å². The number of thiophene rings is 1. The molecular weight excluding hydrogens is 278 g/mol. The van der Waals surface area contributed by atoms with Crippen LogP contribution in [0.1, 0.15) is 25.7 Å². The molecule has 106 valence electrons. The number of hydrogen-bond acceptors (Lipinski definition) is 5. The van der Waals surface area contributed by atoms with Gasteiger partial charge in [-0.25, -0.2) is 0 Å². The van der Waals surface area contributed by atoms with Crippen LogP contribution in [0, 0.1) is 5.92 Å². The zero-order valence-electron chi connectivity index (χ0n) is 11.1. The lowest BCUT2D eigenvalue weighted by Crippen LogP contribution is -2.28. The van der Waals surface area contributed by atoms with E-state index >= 15 is 0 Å².